The summed E-state index contributed by atoms with van der Waals surface area (Å²) in [4.78, 5) is 15.7. The Labute approximate surface area is 100 Å². The standard InChI is InChI=1S/C11H18N4O2/c16-11(9-4-1-2-7-17-9)12-6-3-5-10-13-8-14-15-10/h8-9H,1-7H2,(H,12,16)(H,13,14,15). The summed E-state index contributed by atoms with van der Waals surface area (Å²) in [5, 5.41) is 9.44. The van der Waals surface area contributed by atoms with E-state index < -0.39 is 0 Å². The van der Waals surface area contributed by atoms with Gasteiger partial charge in [-0.2, -0.15) is 5.10 Å². The van der Waals surface area contributed by atoms with Crippen molar-refractivity contribution in [2.24, 2.45) is 0 Å². The van der Waals surface area contributed by atoms with Crippen LogP contribution in [0, 0.1) is 0 Å². The first-order valence-electron chi connectivity index (χ1n) is 6.10. The molecule has 0 spiro atoms. The average Bonchev–Trinajstić information content (AvgIpc) is 2.88. The second-order valence-corrected chi connectivity index (χ2v) is 4.18. The zero-order valence-electron chi connectivity index (χ0n) is 9.82. The Hall–Kier alpha value is -1.43. The Morgan fingerprint density at radius 2 is 2.53 bits per heavy atom. The molecule has 17 heavy (non-hydrogen) atoms. The van der Waals surface area contributed by atoms with Gasteiger partial charge >= 0.3 is 0 Å². The van der Waals surface area contributed by atoms with Crippen molar-refractivity contribution in [2.75, 3.05) is 13.2 Å². The van der Waals surface area contributed by atoms with Crippen LogP contribution in [0.25, 0.3) is 0 Å². The number of H-pyrrole nitrogens is 1. The van der Waals surface area contributed by atoms with E-state index in [1.54, 1.807) is 0 Å². The number of ether oxygens (including phenoxy) is 1. The molecule has 6 nitrogen and oxygen atoms in total. The first-order valence-corrected chi connectivity index (χ1v) is 6.10. The van der Waals surface area contributed by atoms with Crippen molar-refractivity contribution in [2.45, 2.75) is 38.2 Å². The van der Waals surface area contributed by atoms with E-state index in [1.165, 1.54) is 6.33 Å². The summed E-state index contributed by atoms with van der Waals surface area (Å²) in [5.41, 5.74) is 0. The molecule has 1 fully saturated rings. The quantitative estimate of drug-likeness (QED) is 0.729. The van der Waals surface area contributed by atoms with E-state index in [1.807, 2.05) is 0 Å². The van der Waals surface area contributed by atoms with Gasteiger partial charge in [0.05, 0.1) is 0 Å². The molecule has 1 amide bonds. The van der Waals surface area contributed by atoms with Gasteiger partial charge in [-0.25, -0.2) is 4.98 Å². The molecule has 2 rings (SSSR count). The van der Waals surface area contributed by atoms with Crippen molar-refractivity contribution in [3.63, 3.8) is 0 Å². The van der Waals surface area contributed by atoms with Crippen molar-refractivity contribution in [3.05, 3.63) is 12.2 Å². The third kappa shape index (κ3) is 3.81. The van der Waals surface area contributed by atoms with Crippen LogP contribution in [0.15, 0.2) is 6.33 Å². The molecule has 1 unspecified atom stereocenters. The van der Waals surface area contributed by atoms with Gasteiger partial charge < -0.3 is 10.1 Å². The lowest BCUT2D eigenvalue weighted by atomic mass is 10.1. The number of aromatic amines is 1. The summed E-state index contributed by atoms with van der Waals surface area (Å²) in [6.45, 7) is 1.36. The maximum Gasteiger partial charge on any atom is 0.249 e. The third-order valence-electron chi connectivity index (χ3n) is 2.83. The molecule has 0 radical (unpaired) electrons. The smallest absolute Gasteiger partial charge is 0.249 e. The summed E-state index contributed by atoms with van der Waals surface area (Å²) < 4.78 is 5.40. The summed E-state index contributed by atoms with van der Waals surface area (Å²) in [7, 11) is 0. The number of nitrogens with zero attached hydrogens (tertiary/aromatic N) is 2. The van der Waals surface area contributed by atoms with Gasteiger partial charge in [0, 0.05) is 19.6 Å². The lowest BCUT2D eigenvalue weighted by Gasteiger charge is -2.21. The molecule has 2 heterocycles. The maximum absolute atomic E-state index is 11.7. The van der Waals surface area contributed by atoms with Crippen LogP contribution in [0.3, 0.4) is 0 Å². The van der Waals surface area contributed by atoms with Crippen molar-refractivity contribution >= 4 is 5.91 Å². The van der Waals surface area contributed by atoms with Crippen LogP contribution in [-0.2, 0) is 16.0 Å². The molecule has 0 aliphatic carbocycles. The van der Waals surface area contributed by atoms with Crippen LogP contribution in [0.4, 0.5) is 0 Å². The molecule has 1 aliphatic heterocycles. The van der Waals surface area contributed by atoms with E-state index in [-0.39, 0.29) is 12.0 Å². The lowest BCUT2D eigenvalue weighted by Crippen LogP contribution is -2.38. The largest absolute Gasteiger partial charge is 0.368 e. The van der Waals surface area contributed by atoms with Crippen molar-refractivity contribution < 1.29 is 9.53 Å². The lowest BCUT2D eigenvalue weighted by molar-refractivity contribution is -0.135. The van der Waals surface area contributed by atoms with Gasteiger partial charge in [0.15, 0.2) is 0 Å². The number of nitrogens with one attached hydrogen (secondary N) is 2. The first kappa shape index (κ1) is 12.0. The topological polar surface area (TPSA) is 79.9 Å². The minimum atomic E-state index is -0.242. The fourth-order valence-electron chi connectivity index (χ4n) is 1.88. The molecule has 0 aromatic carbocycles. The van der Waals surface area contributed by atoms with E-state index in [4.69, 9.17) is 4.74 Å². The van der Waals surface area contributed by atoms with Crippen LogP contribution in [-0.4, -0.2) is 40.3 Å². The second-order valence-electron chi connectivity index (χ2n) is 4.18. The molecule has 0 saturated carbocycles. The van der Waals surface area contributed by atoms with Crippen LogP contribution in [0.5, 0.6) is 0 Å². The number of hydrogen-bond donors (Lipinski definition) is 2. The summed E-state index contributed by atoms with van der Waals surface area (Å²) in [6, 6.07) is 0. The Morgan fingerprint density at radius 3 is 3.24 bits per heavy atom. The second kappa shape index (κ2) is 6.34. The highest BCUT2D eigenvalue weighted by atomic mass is 16.5. The number of carbonyl (C=O) groups excluding carboxylic acids is 1. The molecule has 2 N–H and O–H groups in total. The van der Waals surface area contributed by atoms with Gasteiger partial charge in [0.1, 0.15) is 18.3 Å². The summed E-state index contributed by atoms with van der Waals surface area (Å²) >= 11 is 0. The minimum Gasteiger partial charge on any atom is -0.368 e. The molecule has 1 saturated heterocycles. The SMILES string of the molecule is O=C(NCCCc1ncn[nH]1)C1CCCCO1. The fraction of sp³-hybridized carbons (Fsp3) is 0.727. The van der Waals surface area contributed by atoms with E-state index in [0.717, 1.165) is 37.9 Å². The van der Waals surface area contributed by atoms with Gasteiger partial charge in [0.25, 0.3) is 0 Å². The number of carbonyl (C=O) groups is 1. The van der Waals surface area contributed by atoms with Crippen LogP contribution >= 0.6 is 0 Å². The van der Waals surface area contributed by atoms with Crippen molar-refractivity contribution in [3.8, 4) is 0 Å². The van der Waals surface area contributed by atoms with E-state index in [2.05, 4.69) is 20.5 Å². The third-order valence-corrected chi connectivity index (χ3v) is 2.83. The van der Waals surface area contributed by atoms with Crippen molar-refractivity contribution in [1.82, 2.24) is 20.5 Å². The normalized spacial score (nSPS) is 20.1. The molecule has 94 valence electrons. The molecule has 6 heteroatoms. The van der Waals surface area contributed by atoms with E-state index in [9.17, 15) is 4.79 Å². The molecular formula is C11H18N4O2. The van der Waals surface area contributed by atoms with Gasteiger partial charge in [-0.15, -0.1) is 0 Å². The first-order chi connectivity index (χ1) is 8.36. The molecule has 1 aliphatic rings. The van der Waals surface area contributed by atoms with Gasteiger partial charge in [0.2, 0.25) is 5.91 Å². The zero-order valence-corrected chi connectivity index (χ0v) is 9.82. The fourth-order valence-corrected chi connectivity index (χ4v) is 1.88. The summed E-state index contributed by atoms with van der Waals surface area (Å²) in [6.07, 6.45) is 5.89. The number of aryl methyl sites for hydroxylation is 1. The zero-order chi connectivity index (χ0) is 11.9. The van der Waals surface area contributed by atoms with E-state index in [0.29, 0.717) is 13.2 Å². The highest BCUT2D eigenvalue weighted by Crippen LogP contribution is 2.12. The Kier molecular flexibility index (Phi) is 4.49. The van der Waals surface area contributed by atoms with E-state index >= 15 is 0 Å². The number of rotatable bonds is 5. The molecule has 1 aromatic rings. The molecule has 0 bridgehead atoms. The number of aromatic nitrogens is 3. The van der Waals surface area contributed by atoms with Crippen molar-refractivity contribution in [1.29, 1.82) is 0 Å². The Bertz CT molecular complexity index is 333. The number of hydrogen-bond acceptors (Lipinski definition) is 4. The van der Waals surface area contributed by atoms with Gasteiger partial charge in [-0.1, -0.05) is 0 Å². The van der Waals surface area contributed by atoms with Crippen LogP contribution in [0.1, 0.15) is 31.5 Å². The average molecular weight is 238 g/mol. The predicted octanol–water partition coefficient (Wildman–Crippen LogP) is 0.423. The summed E-state index contributed by atoms with van der Waals surface area (Å²) in [5.74, 6) is 0.871. The Morgan fingerprint density at radius 1 is 1.59 bits per heavy atom. The maximum atomic E-state index is 11.7. The van der Waals surface area contributed by atoms with Crippen LogP contribution in [0.2, 0.25) is 0 Å². The molecular weight excluding hydrogens is 220 g/mol. The molecule has 1 atom stereocenters. The predicted molar refractivity (Wildman–Crippen MR) is 61.3 cm³/mol. The van der Waals surface area contributed by atoms with Crippen LogP contribution < -0.4 is 5.32 Å². The molecule has 1 aromatic heterocycles. The highest BCUT2D eigenvalue weighted by Gasteiger charge is 2.21. The Balaban J connectivity index is 1.59. The highest BCUT2D eigenvalue weighted by molar-refractivity contribution is 5.80. The van der Waals surface area contributed by atoms with Gasteiger partial charge in [-0.05, 0) is 25.7 Å². The minimum absolute atomic E-state index is 0.0160. The number of amides is 1. The monoisotopic (exact) mass is 238 g/mol. The van der Waals surface area contributed by atoms with Gasteiger partial charge in [-0.3, -0.25) is 9.89 Å².